The predicted molar refractivity (Wildman–Crippen MR) is 101 cm³/mol. The average Bonchev–Trinajstić information content (AvgIpc) is 2.59. The van der Waals surface area contributed by atoms with Crippen LogP contribution in [0.5, 0.6) is 0 Å². The first-order chi connectivity index (χ1) is 12.7. The molecule has 1 aromatic carbocycles. The summed E-state index contributed by atoms with van der Waals surface area (Å²) in [7, 11) is -3.67. The fourth-order valence-electron chi connectivity index (χ4n) is 3.26. The number of ether oxygens (including phenoxy) is 1. The number of likely N-dealkylation sites (tertiary alicyclic amines) is 1. The zero-order chi connectivity index (χ0) is 20.0. The van der Waals surface area contributed by atoms with Crippen LogP contribution in [0.25, 0.3) is 0 Å². The van der Waals surface area contributed by atoms with Crippen LogP contribution in [0, 0.1) is 18.8 Å². The highest BCUT2D eigenvalue weighted by atomic mass is 32.2. The maximum absolute atomic E-state index is 12.2. The second-order valence-corrected chi connectivity index (χ2v) is 9.13. The van der Waals surface area contributed by atoms with Crippen molar-refractivity contribution in [2.45, 2.75) is 38.5 Å². The van der Waals surface area contributed by atoms with E-state index in [0.717, 1.165) is 12.0 Å². The van der Waals surface area contributed by atoms with Gasteiger partial charge >= 0.3 is 5.97 Å². The summed E-state index contributed by atoms with van der Waals surface area (Å²) >= 11 is 0. The summed E-state index contributed by atoms with van der Waals surface area (Å²) < 4.78 is 31.6. The Morgan fingerprint density at radius 2 is 1.74 bits per heavy atom. The Bertz CT molecular complexity index is 751. The van der Waals surface area contributed by atoms with E-state index in [4.69, 9.17) is 4.74 Å². The van der Waals surface area contributed by atoms with Gasteiger partial charge in [-0.3, -0.25) is 9.59 Å². The van der Waals surface area contributed by atoms with E-state index in [-0.39, 0.29) is 30.4 Å². The van der Waals surface area contributed by atoms with Gasteiger partial charge in [0, 0.05) is 19.6 Å². The first kappa shape index (κ1) is 21.4. The van der Waals surface area contributed by atoms with Gasteiger partial charge in [-0.1, -0.05) is 31.5 Å². The van der Waals surface area contributed by atoms with Crippen molar-refractivity contribution in [1.29, 1.82) is 0 Å². The number of amides is 1. The van der Waals surface area contributed by atoms with Crippen molar-refractivity contribution in [3.05, 3.63) is 29.8 Å². The summed E-state index contributed by atoms with van der Waals surface area (Å²) in [6.45, 7) is 7.04. The molecule has 27 heavy (non-hydrogen) atoms. The van der Waals surface area contributed by atoms with Gasteiger partial charge in [-0.15, -0.1) is 0 Å². The smallest absolute Gasteiger partial charge is 0.307 e. The Labute approximate surface area is 161 Å². The van der Waals surface area contributed by atoms with Crippen LogP contribution >= 0.6 is 0 Å². The Morgan fingerprint density at radius 1 is 1.15 bits per heavy atom. The van der Waals surface area contributed by atoms with Crippen LogP contribution in [0.15, 0.2) is 29.2 Å². The molecule has 2 atom stereocenters. The molecule has 8 heteroatoms. The highest BCUT2D eigenvalue weighted by molar-refractivity contribution is 7.89. The third kappa shape index (κ3) is 6.62. The number of rotatable bonds is 7. The molecule has 0 bridgehead atoms. The average molecular weight is 397 g/mol. The zero-order valence-corrected chi connectivity index (χ0v) is 16.9. The van der Waals surface area contributed by atoms with E-state index in [2.05, 4.69) is 18.6 Å². The van der Waals surface area contributed by atoms with E-state index in [1.54, 1.807) is 17.0 Å². The number of sulfonamides is 1. The molecule has 0 radical (unpaired) electrons. The fourth-order valence-corrected chi connectivity index (χ4v) is 4.29. The van der Waals surface area contributed by atoms with Crippen molar-refractivity contribution in [2.24, 2.45) is 11.8 Å². The summed E-state index contributed by atoms with van der Waals surface area (Å²) in [5, 5.41) is 0. The molecule has 1 aliphatic rings. The number of hydrogen-bond donors (Lipinski definition) is 1. The van der Waals surface area contributed by atoms with E-state index < -0.39 is 16.0 Å². The third-order valence-electron chi connectivity index (χ3n) is 4.53. The number of nitrogens with zero attached hydrogens (tertiary/aromatic N) is 1. The molecule has 0 aliphatic carbocycles. The minimum Gasteiger partial charge on any atom is -0.456 e. The molecule has 1 amide bonds. The van der Waals surface area contributed by atoms with Gasteiger partial charge < -0.3 is 9.64 Å². The number of nitrogens with one attached hydrogen (secondary N) is 1. The SMILES string of the molecule is Cc1ccc(S(=O)(=O)NCCC(=O)OCC(=O)N2CC(C)CC(C)C2)cc1. The Morgan fingerprint density at radius 3 is 2.33 bits per heavy atom. The lowest BCUT2D eigenvalue weighted by atomic mass is 9.92. The van der Waals surface area contributed by atoms with Gasteiger partial charge in [-0.05, 0) is 37.3 Å². The normalized spacial score (nSPS) is 20.3. The van der Waals surface area contributed by atoms with Crippen LogP contribution < -0.4 is 4.72 Å². The quantitative estimate of drug-likeness (QED) is 0.709. The monoisotopic (exact) mass is 396 g/mol. The molecule has 1 heterocycles. The number of piperidine rings is 1. The van der Waals surface area contributed by atoms with Gasteiger partial charge in [0.2, 0.25) is 10.0 Å². The lowest BCUT2D eigenvalue weighted by Crippen LogP contribution is -2.44. The number of carbonyl (C=O) groups is 2. The standard InChI is InChI=1S/C19H28N2O5S/c1-14-4-6-17(7-5-14)27(24,25)20-9-8-19(23)26-13-18(22)21-11-15(2)10-16(3)12-21/h4-7,15-16,20H,8-13H2,1-3H3. The van der Waals surface area contributed by atoms with Gasteiger partial charge in [0.15, 0.2) is 6.61 Å². The number of benzene rings is 1. The van der Waals surface area contributed by atoms with Crippen LogP contribution in [0.1, 0.15) is 32.3 Å². The maximum atomic E-state index is 12.2. The van der Waals surface area contributed by atoms with Crippen molar-refractivity contribution in [2.75, 3.05) is 26.2 Å². The highest BCUT2D eigenvalue weighted by Gasteiger charge is 2.26. The van der Waals surface area contributed by atoms with Crippen molar-refractivity contribution < 1.29 is 22.7 Å². The lowest BCUT2D eigenvalue weighted by Gasteiger charge is -2.34. The topological polar surface area (TPSA) is 92.8 Å². The van der Waals surface area contributed by atoms with Crippen molar-refractivity contribution in [1.82, 2.24) is 9.62 Å². The Balaban J connectivity index is 1.73. The van der Waals surface area contributed by atoms with Gasteiger partial charge in [-0.25, -0.2) is 13.1 Å². The zero-order valence-electron chi connectivity index (χ0n) is 16.1. The molecule has 2 rings (SSSR count). The van der Waals surface area contributed by atoms with Crippen LogP contribution in [-0.2, 0) is 24.3 Å². The Kier molecular flexibility index (Phi) is 7.38. The first-order valence-corrected chi connectivity index (χ1v) is 10.7. The minimum atomic E-state index is -3.67. The molecular formula is C19H28N2O5S. The van der Waals surface area contributed by atoms with Crippen LogP contribution in [-0.4, -0.2) is 51.4 Å². The van der Waals surface area contributed by atoms with Crippen LogP contribution in [0.3, 0.4) is 0 Å². The minimum absolute atomic E-state index is 0.0823. The highest BCUT2D eigenvalue weighted by Crippen LogP contribution is 2.20. The molecule has 1 N–H and O–H groups in total. The molecule has 1 fully saturated rings. The molecule has 150 valence electrons. The summed E-state index contributed by atoms with van der Waals surface area (Å²) in [6, 6.07) is 6.43. The van der Waals surface area contributed by atoms with E-state index in [9.17, 15) is 18.0 Å². The lowest BCUT2D eigenvalue weighted by molar-refractivity contribution is -0.153. The van der Waals surface area contributed by atoms with E-state index in [0.29, 0.717) is 24.9 Å². The summed E-state index contributed by atoms with van der Waals surface area (Å²) in [4.78, 5) is 25.8. The molecule has 0 aromatic heterocycles. The Hall–Kier alpha value is -1.93. The summed E-state index contributed by atoms with van der Waals surface area (Å²) in [5.41, 5.74) is 0.958. The number of carbonyl (C=O) groups excluding carboxylic acids is 2. The van der Waals surface area contributed by atoms with Gasteiger partial charge in [0.25, 0.3) is 5.91 Å². The molecule has 1 aliphatic heterocycles. The third-order valence-corrected chi connectivity index (χ3v) is 6.01. The van der Waals surface area contributed by atoms with Crippen LogP contribution in [0.2, 0.25) is 0 Å². The number of hydrogen-bond acceptors (Lipinski definition) is 5. The molecule has 2 unspecified atom stereocenters. The maximum Gasteiger partial charge on any atom is 0.307 e. The predicted octanol–water partition coefficient (Wildman–Crippen LogP) is 1.71. The van der Waals surface area contributed by atoms with Gasteiger partial charge in [0.05, 0.1) is 11.3 Å². The van der Waals surface area contributed by atoms with Crippen LogP contribution in [0.4, 0.5) is 0 Å². The van der Waals surface area contributed by atoms with Crippen molar-refractivity contribution in [3.8, 4) is 0 Å². The number of aryl methyl sites for hydroxylation is 1. The van der Waals surface area contributed by atoms with Crippen molar-refractivity contribution in [3.63, 3.8) is 0 Å². The summed E-state index contributed by atoms with van der Waals surface area (Å²) in [6.07, 6.45) is 0.954. The van der Waals surface area contributed by atoms with E-state index >= 15 is 0 Å². The molecule has 0 saturated carbocycles. The van der Waals surface area contributed by atoms with E-state index in [1.807, 2.05) is 6.92 Å². The molecule has 0 spiro atoms. The second-order valence-electron chi connectivity index (χ2n) is 7.37. The molecular weight excluding hydrogens is 368 g/mol. The molecule has 7 nitrogen and oxygen atoms in total. The fraction of sp³-hybridized carbons (Fsp3) is 0.579. The van der Waals surface area contributed by atoms with Gasteiger partial charge in [-0.2, -0.15) is 0 Å². The molecule has 1 saturated heterocycles. The first-order valence-electron chi connectivity index (χ1n) is 9.17. The van der Waals surface area contributed by atoms with E-state index in [1.165, 1.54) is 12.1 Å². The summed E-state index contributed by atoms with van der Waals surface area (Å²) in [5.74, 6) is 0.0595. The van der Waals surface area contributed by atoms with Crippen molar-refractivity contribution >= 4 is 21.9 Å². The molecule has 1 aromatic rings. The second kappa shape index (κ2) is 9.32. The number of esters is 1. The van der Waals surface area contributed by atoms with Gasteiger partial charge in [0.1, 0.15) is 0 Å². The largest absolute Gasteiger partial charge is 0.456 e.